The molecule has 0 unspecified atom stereocenters. The Labute approximate surface area is 214 Å². The number of rotatable bonds is 7. The third-order valence-corrected chi connectivity index (χ3v) is 7.23. The highest BCUT2D eigenvalue weighted by atomic mass is 32.2. The van der Waals surface area contributed by atoms with Gasteiger partial charge in [-0.1, -0.05) is 60.7 Å². The van der Waals surface area contributed by atoms with Gasteiger partial charge in [0.05, 0.1) is 42.6 Å². The highest BCUT2D eigenvalue weighted by Crippen LogP contribution is 2.46. The number of fused-ring (bicyclic) bond motifs is 1. The average Bonchev–Trinajstić information content (AvgIpc) is 3.26. The van der Waals surface area contributed by atoms with E-state index in [1.54, 1.807) is 18.3 Å². The van der Waals surface area contributed by atoms with Crippen molar-refractivity contribution in [2.24, 2.45) is 0 Å². The third kappa shape index (κ3) is 4.37. The van der Waals surface area contributed by atoms with Crippen molar-refractivity contribution >= 4 is 15.6 Å². The van der Waals surface area contributed by atoms with Crippen LogP contribution >= 0.6 is 0 Å². The van der Waals surface area contributed by atoms with Crippen LogP contribution in [-0.4, -0.2) is 27.0 Å². The second-order valence-electron chi connectivity index (χ2n) is 8.12. The Kier molecular flexibility index (Phi) is 6.30. The van der Waals surface area contributed by atoms with Crippen molar-refractivity contribution in [2.75, 3.05) is 14.2 Å². The second kappa shape index (κ2) is 9.72. The normalized spacial score (nSPS) is 11.2. The maximum absolute atomic E-state index is 13.7. The van der Waals surface area contributed by atoms with Crippen molar-refractivity contribution in [1.29, 1.82) is 5.26 Å². The fraction of sp³-hybridized carbons (Fsp3) is 0.0690. The first-order valence-electron chi connectivity index (χ1n) is 11.3. The van der Waals surface area contributed by atoms with Crippen LogP contribution in [0.25, 0.3) is 27.9 Å². The minimum atomic E-state index is -4.37. The molecule has 0 aliphatic heterocycles. The van der Waals surface area contributed by atoms with E-state index in [0.717, 1.165) is 16.8 Å². The van der Waals surface area contributed by atoms with Gasteiger partial charge in [0.1, 0.15) is 16.4 Å². The lowest BCUT2D eigenvalue weighted by Gasteiger charge is -2.13. The number of hydrogen-bond acceptors (Lipinski definition) is 6. The van der Waals surface area contributed by atoms with E-state index in [0.29, 0.717) is 22.4 Å². The van der Waals surface area contributed by atoms with E-state index in [1.807, 2.05) is 65.1 Å². The van der Waals surface area contributed by atoms with Gasteiger partial charge in [0.15, 0.2) is 5.75 Å². The standard InChI is InChI=1S/C29H22N2O5S/c1-34-23-13-14-26(25(18-23)35-2)37(32,33)36-29-24-17-20(19-30)15-16-31(24)28(22-11-7-4-8-12-22)27(29)21-9-5-3-6-10-21/h3-18H,1-2H3. The molecule has 0 spiro atoms. The molecule has 0 N–H and O–H groups in total. The van der Waals surface area contributed by atoms with Crippen LogP contribution in [0.5, 0.6) is 17.2 Å². The van der Waals surface area contributed by atoms with E-state index in [9.17, 15) is 13.7 Å². The van der Waals surface area contributed by atoms with Crippen molar-refractivity contribution < 1.29 is 22.1 Å². The number of pyridine rings is 1. The summed E-state index contributed by atoms with van der Waals surface area (Å²) in [5.74, 6) is 0.644. The van der Waals surface area contributed by atoms with E-state index in [1.165, 1.54) is 32.4 Å². The minimum Gasteiger partial charge on any atom is -0.497 e. The Hall–Kier alpha value is -4.74. The molecule has 37 heavy (non-hydrogen) atoms. The summed E-state index contributed by atoms with van der Waals surface area (Å²) in [6.45, 7) is 0. The predicted molar refractivity (Wildman–Crippen MR) is 140 cm³/mol. The van der Waals surface area contributed by atoms with E-state index in [2.05, 4.69) is 6.07 Å². The van der Waals surface area contributed by atoms with Crippen LogP contribution in [0.15, 0.2) is 102 Å². The zero-order chi connectivity index (χ0) is 26.0. The van der Waals surface area contributed by atoms with Gasteiger partial charge in [-0.05, 0) is 35.4 Å². The topological polar surface area (TPSA) is 90.0 Å². The molecule has 0 aliphatic carbocycles. The van der Waals surface area contributed by atoms with Crippen molar-refractivity contribution in [2.45, 2.75) is 4.90 Å². The number of methoxy groups -OCH3 is 2. The molecule has 0 amide bonds. The maximum atomic E-state index is 13.7. The van der Waals surface area contributed by atoms with Gasteiger partial charge < -0.3 is 18.1 Å². The first-order chi connectivity index (χ1) is 18.0. The Bertz CT molecular complexity index is 1740. The van der Waals surface area contributed by atoms with Crippen LogP contribution < -0.4 is 13.7 Å². The van der Waals surface area contributed by atoms with Gasteiger partial charge in [-0.15, -0.1) is 0 Å². The number of hydrogen-bond donors (Lipinski definition) is 0. The Morgan fingerprint density at radius 1 is 0.811 bits per heavy atom. The van der Waals surface area contributed by atoms with Gasteiger partial charge in [0.25, 0.3) is 0 Å². The Morgan fingerprint density at radius 2 is 1.49 bits per heavy atom. The highest BCUT2D eigenvalue weighted by Gasteiger charge is 2.29. The number of nitriles is 1. The Morgan fingerprint density at radius 3 is 2.11 bits per heavy atom. The third-order valence-electron chi connectivity index (χ3n) is 5.96. The van der Waals surface area contributed by atoms with Crippen LogP contribution in [0.1, 0.15) is 5.56 Å². The van der Waals surface area contributed by atoms with E-state index < -0.39 is 10.1 Å². The van der Waals surface area contributed by atoms with E-state index in [-0.39, 0.29) is 16.4 Å². The first-order valence-corrected chi connectivity index (χ1v) is 12.7. The number of ether oxygens (including phenoxy) is 2. The number of benzene rings is 3. The molecule has 8 heteroatoms. The molecular weight excluding hydrogens is 488 g/mol. The molecule has 184 valence electrons. The maximum Gasteiger partial charge on any atom is 0.343 e. The van der Waals surface area contributed by atoms with Crippen molar-refractivity contribution in [3.05, 3.63) is 103 Å². The van der Waals surface area contributed by atoms with Crippen LogP contribution in [0.2, 0.25) is 0 Å². The molecule has 2 heterocycles. The summed E-state index contributed by atoms with van der Waals surface area (Å²) in [5.41, 5.74) is 3.74. The summed E-state index contributed by atoms with van der Waals surface area (Å²) in [4.78, 5) is -0.146. The SMILES string of the molecule is COc1ccc(S(=O)(=O)Oc2c(-c3ccccc3)c(-c3ccccc3)n3ccc(C#N)cc23)c(OC)c1. The Balaban J connectivity index is 1.82. The zero-order valence-electron chi connectivity index (χ0n) is 20.1. The molecule has 0 bridgehead atoms. The quantitative estimate of drug-likeness (QED) is 0.252. The van der Waals surface area contributed by atoms with Gasteiger partial charge in [-0.3, -0.25) is 0 Å². The predicted octanol–water partition coefficient (Wildman–Crippen LogP) is 5.93. The van der Waals surface area contributed by atoms with Gasteiger partial charge in [0, 0.05) is 12.3 Å². The van der Waals surface area contributed by atoms with E-state index in [4.69, 9.17) is 13.7 Å². The lowest BCUT2D eigenvalue weighted by molar-refractivity contribution is 0.383. The second-order valence-corrected chi connectivity index (χ2v) is 9.64. The summed E-state index contributed by atoms with van der Waals surface area (Å²) in [5, 5.41) is 9.58. The van der Waals surface area contributed by atoms with Crippen LogP contribution in [0.4, 0.5) is 0 Å². The molecule has 0 aliphatic rings. The van der Waals surface area contributed by atoms with Crippen molar-refractivity contribution in [3.63, 3.8) is 0 Å². The van der Waals surface area contributed by atoms with Gasteiger partial charge >= 0.3 is 10.1 Å². The molecule has 0 fully saturated rings. The van der Waals surface area contributed by atoms with Gasteiger partial charge in [-0.2, -0.15) is 13.7 Å². The zero-order valence-corrected chi connectivity index (χ0v) is 20.9. The molecule has 5 aromatic rings. The fourth-order valence-corrected chi connectivity index (χ4v) is 5.37. The first kappa shape index (κ1) is 24.0. The van der Waals surface area contributed by atoms with Crippen LogP contribution in [0.3, 0.4) is 0 Å². The summed E-state index contributed by atoms with van der Waals surface area (Å²) >= 11 is 0. The largest absolute Gasteiger partial charge is 0.497 e. The molecule has 7 nitrogen and oxygen atoms in total. The van der Waals surface area contributed by atoms with E-state index >= 15 is 0 Å². The smallest absolute Gasteiger partial charge is 0.343 e. The molecule has 0 saturated carbocycles. The monoisotopic (exact) mass is 510 g/mol. The molecular formula is C29H22N2O5S. The van der Waals surface area contributed by atoms with Gasteiger partial charge in [-0.25, -0.2) is 0 Å². The minimum absolute atomic E-state index is 0.0881. The van der Waals surface area contributed by atoms with Gasteiger partial charge in [0.2, 0.25) is 0 Å². The molecule has 0 atom stereocenters. The lowest BCUT2D eigenvalue weighted by atomic mass is 10.0. The summed E-state index contributed by atoms with van der Waals surface area (Å²) in [7, 11) is -1.51. The molecule has 2 aromatic heterocycles. The summed E-state index contributed by atoms with van der Waals surface area (Å²) in [6, 6.07) is 28.8. The van der Waals surface area contributed by atoms with Crippen LogP contribution in [0, 0.1) is 11.3 Å². The molecule has 5 rings (SSSR count). The number of aromatic nitrogens is 1. The summed E-state index contributed by atoms with van der Waals surface area (Å²) < 4.78 is 45.7. The molecule has 0 saturated heterocycles. The lowest BCUT2D eigenvalue weighted by Crippen LogP contribution is -2.11. The highest BCUT2D eigenvalue weighted by molar-refractivity contribution is 7.87. The summed E-state index contributed by atoms with van der Waals surface area (Å²) in [6.07, 6.45) is 1.75. The average molecular weight is 511 g/mol. The fourth-order valence-electron chi connectivity index (χ4n) is 4.27. The number of nitrogens with zero attached hydrogens (tertiary/aromatic N) is 2. The van der Waals surface area contributed by atoms with Crippen molar-refractivity contribution in [1.82, 2.24) is 4.40 Å². The molecule has 3 aromatic carbocycles. The van der Waals surface area contributed by atoms with Crippen LogP contribution in [-0.2, 0) is 10.1 Å². The molecule has 0 radical (unpaired) electrons. The van der Waals surface area contributed by atoms with Crippen molar-refractivity contribution in [3.8, 4) is 45.7 Å².